The molecule has 5 nitrogen and oxygen atoms in total. The van der Waals surface area contributed by atoms with Crippen molar-refractivity contribution in [1.29, 1.82) is 0 Å². The van der Waals surface area contributed by atoms with Crippen molar-refractivity contribution >= 4 is 37.3 Å². The van der Waals surface area contributed by atoms with Crippen LogP contribution in [0.1, 0.15) is 0 Å². The second-order valence-electron chi connectivity index (χ2n) is 3.76. The highest BCUT2D eigenvalue weighted by molar-refractivity contribution is 9.10. The van der Waals surface area contributed by atoms with Gasteiger partial charge in [0, 0.05) is 22.9 Å². The molecule has 0 atom stereocenters. The normalized spacial score (nSPS) is 11.3. The maximum absolute atomic E-state index is 13.6. The minimum atomic E-state index is -4.13. The highest BCUT2D eigenvalue weighted by atomic mass is 79.9. The van der Waals surface area contributed by atoms with Crippen LogP contribution in [0.3, 0.4) is 0 Å². The number of rotatable bonds is 3. The third kappa shape index (κ3) is 2.88. The second-order valence-corrected chi connectivity index (χ2v) is 6.27. The van der Waals surface area contributed by atoms with E-state index in [2.05, 4.69) is 20.9 Å². The highest BCUT2D eigenvalue weighted by Crippen LogP contribution is 2.29. The molecule has 0 saturated carbocycles. The van der Waals surface area contributed by atoms with Gasteiger partial charge in [0.25, 0.3) is 10.0 Å². The Labute approximate surface area is 122 Å². The van der Waals surface area contributed by atoms with Gasteiger partial charge in [-0.25, -0.2) is 17.2 Å². The Morgan fingerprint density at radius 3 is 2.60 bits per heavy atom. The summed E-state index contributed by atoms with van der Waals surface area (Å²) >= 11 is 2.89. The molecular formula is C11H8BrF2N3O2S. The molecule has 1 aromatic carbocycles. The predicted octanol–water partition coefficient (Wildman–Crippen LogP) is 2.51. The van der Waals surface area contributed by atoms with Crippen molar-refractivity contribution in [3.63, 3.8) is 0 Å². The zero-order chi connectivity index (χ0) is 14.9. The molecule has 20 heavy (non-hydrogen) atoms. The van der Waals surface area contributed by atoms with Gasteiger partial charge in [0.05, 0.1) is 11.4 Å². The van der Waals surface area contributed by atoms with Crippen molar-refractivity contribution in [2.24, 2.45) is 0 Å². The van der Waals surface area contributed by atoms with Gasteiger partial charge in [-0.15, -0.1) is 0 Å². The van der Waals surface area contributed by atoms with Gasteiger partial charge in [0.2, 0.25) is 0 Å². The fraction of sp³-hybridized carbons (Fsp3) is 0. The standard InChI is InChI=1S/C11H8BrF2N3O2S/c12-7-3-6(13)4-8(14)11(7)17-20(18,19)10-5-16-2-1-9(10)15/h1-5,17H,(H2,15,16). The highest BCUT2D eigenvalue weighted by Gasteiger charge is 2.21. The molecule has 1 heterocycles. The zero-order valence-electron chi connectivity index (χ0n) is 9.77. The number of aromatic nitrogens is 1. The summed E-state index contributed by atoms with van der Waals surface area (Å²) in [6.07, 6.45) is 2.36. The average Bonchev–Trinajstić information content (AvgIpc) is 2.34. The Morgan fingerprint density at radius 1 is 1.30 bits per heavy atom. The lowest BCUT2D eigenvalue weighted by molar-refractivity contribution is 0.581. The molecule has 0 bridgehead atoms. The third-order valence-electron chi connectivity index (χ3n) is 2.35. The first-order valence-electron chi connectivity index (χ1n) is 5.18. The van der Waals surface area contributed by atoms with Gasteiger partial charge in [-0.05, 0) is 28.1 Å². The second kappa shape index (κ2) is 5.33. The summed E-state index contributed by atoms with van der Waals surface area (Å²) in [6, 6.07) is 2.80. The lowest BCUT2D eigenvalue weighted by Gasteiger charge is -2.11. The summed E-state index contributed by atoms with van der Waals surface area (Å²) in [4.78, 5) is 3.35. The Balaban J connectivity index is 2.47. The summed E-state index contributed by atoms with van der Waals surface area (Å²) in [5, 5.41) is 0. The molecule has 2 rings (SSSR count). The van der Waals surface area contributed by atoms with Crippen LogP contribution in [0.15, 0.2) is 40.0 Å². The topological polar surface area (TPSA) is 85.1 Å². The van der Waals surface area contributed by atoms with Crippen molar-refractivity contribution in [3.05, 3.63) is 46.7 Å². The number of nitrogens with two attached hydrogens (primary N) is 1. The number of hydrogen-bond acceptors (Lipinski definition) is 4. The number of halogens is 3. The minimum Gasteiger partial charge on any atom is -0.398 e. The van der Waals surface area contributed by atoms with E-state index in [1.54, 1.807) is 0 Å². The fourth-order valence-corrected chi connectivity index (χ4v) is 3.25. The summed E-state index contributed by atoms with van der Waals surface area (Å²) in [5.41, 5.74) is 5.09. The molecule has 0 fully saturated rings. The molecule has 0 aliphatic carbocycles. The maximum atomic E-state index is 13.6. The van der Waals surface area contributed by atoms with Crippen LogP contribution < -0.4 is 10.5 Å². The molecule has 2 aromatic rings. The van der Waals surface area contributed by atoms with Crippen LogP contribution >= 0.6 is 15.9 Å². The predicted molar refractivity (Wildman–Crippen MR) is 73.5 cm³/mol. The van der Waals surface area contributed by atoms with Crippen molar-refractivity contribution in [2.45, 2.75) is 4.90 Å². The SMILES string of the molecule is Nc1ccncc1S(=O)(=O)Nc1c(F)cc(F)cc1Br. The molecule has 0 aliphatic heterocycles. The van der Waals surface area contributed by atoms with Gasteiger partial charge in [-0.3, -0.25) is 9.71 Å². The monoisotopic (exact) mass is 363 g/mol. The minimum absolute atomic E-state index is 0.0360. The van der Waals surface area contributed by atoms with Gasteiger partial charge in [-0.2, -0.15) is 0 Å². The van der Waals surface area contributed by atoms with Gasteiger partial charge in [0.15, 0.2) is 5.82 Å². The molecule has 9 heteroatoms. The number of pyridine rings is 1. The van der Waals surface area contributed by atoms with Crippen molar-refractivity contribution in [2.75, 3.05) is 10.5 Å². The summed E-state index contributed by atoms with van der Waals surface area (Å²) in [5.74, 6) is -1.89. The van der Waals surface area contributed by atoms with E-state index in [-0.39, 0.29) is 15.1 Å². The third-order valence-corrected chi connectivity index (χ3v) is 4.37. The van der Waals surface area contributed by atoms with Crippen molar-refractivity contribution in [1.82, 2.24) is 4.98 Å². The molecule has 0 spiro atoms. The quantitative estimate of drug-likeness (QED) is 0.877. The smallest absolute Gasteiger partial charge is 0.265 e. The number of anilines is 2. The number of nitrogen functional groups attached to an aromatic ring is 1. The summed E-state index contributed by atoms with van der Waals surface area (Å²) in [6.45, 7) is 0. The largest absolute Gasteiger partial charge is 0.398 e. The lowest BCUT2D eigenvalue weighted by atomic mass is 10.3. The van der Waals surface area contributed by atoms with Crippen LogP contribution in [-0.4, -0.2) is 13.4 Å². The first kappa shape index (κ1) is 14.7. The molecule has 3 N–H and O–H groups in total. The van der Waals surface area contributed by atoms with E-state index in [9.17, 15) is 17.2 Å². The van der Waals surface area contributed by atoms with Gasteiger partial charge >= 0.3 is 0 Å². The Bertz CT molecular complexity index is 745. The first-order valence-corrected chi connectivity index (χ1v) is 7.46. The van der Waals surface area contributed by atoms with Crippen LogP contribution in [0.25, 0.3) is 0 Å². The number of hydrogen-bond donors (Lipinski definition) is 2. The molecule has 0 unspecified atom stereocenters. The number of nitrogens with zero attached hydrogens (tertiary/aromatic N) is 1. The summed E-state index contributed by atoms with van der Waals surface area (Å²) < 4.78 is 52.7. The van der Waals surface area contributed by atoms with Crippen LogP contribution in [0.5, 0.6) is 0 Å². The van der Waals surface area contributed by atoms with Crippen LogP contribution in [0.2, 0.25) is 0 Å². The van der Waals surface area contributed by atoms with Crippen molar-refractivity contribution < 1.29 is 17.2 Å². The molecular weight excluding hydrogens is 356 g/mol. The van der Waals surface area contributed by atoms with Crippen LogP contribution in [-0.2, 0) is 10.0 Å². The fourth-order valence-electron chi connectivity index (χ4n) is 1.44. The summed E-state index contributed by atoms with van der Waals surface area (Å²) in [7, 11) is -4.13. The molecule has 0 saturated heterocycles. The Morgan fingerprint density at radius 2 is 2.00 bits per heavy atom. The molecule has 0 aliphatic rings. The van der Waals surface area contributed by atoms with Gasteiger partial charge in [-0.1, -0.05) is 0 Å². The van der Waals surface area contributed by atoms with Crippen molar-refractivity contribution in [3.8, 4) is 0 Å². The lowest BCUT2D eigenvalue weighted by Crippen LogP contribution is -2.16. The Hall–Kier alpha value is -1.74. The van der Waals surface area contributed by atoms with E-state index in [0.717, 1.165) is 12.3 Å². The number of nitrogens with one attached hydrogen (secondary N) is 1. The first-order chi connectivity index (χ1) is 9.31. The van der Waals surface area contributed by atoms with E-state index < -0.39 is 27.3 Å². The molecule has 1 aromatic heterocycles. The molecule has 0 radical (unpaired) electrons. The average molecular weight is 364 g/mol. The van der Waals surface area contributed by atoms with Gasteiger partial charge in [0.1, 0.15) is 10.7 Å². The van der Waals surface area contributed by atoms with E-state index >= 15 is 0 Å². The zero-order valence-corrected chi connectivity index (χ0v) is 12.2. The Kier molecular flexibility index (Phi) is 3.91. The van der Waals surface area contributed by atoms with E-state index in [4.69, 9.17) is 5.73 Å². The molecule has 0 amide bonds. The maximum Gasteiger partial charge on any atom is 0.265 e. The van der Waals surface area contributed by atoms with Gasteiger partial charge < -0.3 is 5.73 Å². The van der Waals surface area contributed by atoms with E-state index in [0.29, 0.717) is 6.07 Å². The van der Waals surface area contributed by atoms with E-state index in [1.165, 1.54) is 12.3 Å². The van der Waals surface area contributed by atoms with E-state index in [1.807, 2.05) is 4.72 Å². The molecule has 106 valence electrons. The van der Waals surface area contributed by atoms with Crippen LogP contribution in [0.4, 0.5) is 20.2 Å². The number of sulfonamides is 1. The number of benzene rings is 1. The van der Waals surface area contributed by atoms with Crippen LogP contribution in [0, 0.1) is 11.6 Å².